The summed E-state index contributed by atoms with van der Waals surface area (Å²) < 4.78 is 65.5. The van der Waals surface area contributed by atoms with Gasteiger partial charge < -0.3 is 9.47 Å². The smallest absolute Gasteiger partial charge is 0.344 e. The predicted octanol–water partition coefficient (Wildman–Crippen LogP) is 8.84. The summed E-state index contributed by atoms with van der Waals surface area (Å²) in [6.45, 7) is 9.77. The van der Waals surface area contributed by atoms with Crippen LogP contribution in [0, 0.1) is 34.6 Å². The Kier molecular flexibility index (Phi) is 13.6. The highest BCUT2D eigenvalue weighted by Gasteiger charge is 2.30. The Morgan fingerprint density at radius 2 is 1.47 bits per heavy atom. The van der Waals surface area contributed by atoms with Gasteiger partial charge in [0.2, 0.25) is 0 Å². The van der Waals surface area contributed by atoms with E-state index in [4.69, 9.17) is 15.0 Å². The van der Waals surface area contributed by atoms with Crippen LogP contribution in [0.25, 0.3) is 10.4 Å². The number of hydrogen-bond donors (Lipinski definition) is 0. The number of unbranched alkanes of at least 4 members (excludes halogenated alkanes) is 4. The van der Waals surface area contributed by atoms with Crippen LogP contribution in [0.15, 0.2) is 5.11 Å². The fourth-order valence-electron chi connectivity index (χ4n) is 4.03. The first kappa shape index (κ1) is 33.7. The van der Waals surface area contributed by atoms with Crippen LogP contribution >= 0.6 is 15.9 Å². The maximum atomic E-state index is 14.1. The SMILES string of the molecule is CC(CCCCCCCOC(=O)C(C)(C)Br)CC(C)(C)CCOC(=O)c1c(F)c(F)c(N=[N+]=[N-])c(F)c1F. The Bertz CT molecular complexity index is 996. The van der Waals surface area contributed by atoms with Gasteiger partial charge in [-0.05, 0) is 50.0 Å². The van der Waals surface area contributed by atoms with Crippen LogP contribution < -0.4 is 0 Å². The van der Waals surface area contributed by atoms with E-state index in [0.29, 0.717) is 18.9 Å². The summed E-state index contributed by atoms with van der Waals surface area (Å²) in [5.74, 6) is -9.32. The first-order valence-corrected chi connectivity index (χ1v) is 13.4. The van der Waals surface area contributed by atoms with Crippen molar-refractivity contribution >= 4 is 33.6 Å². The molecule has 0 heterocycles. The summed E-state index contributed by atoms with van der Waals surface area (Å²) in [6, 6.07) is 0. The molecule has 0 saturated carbocycles. The molecule has 1 unspecified atom stereocenters. The van der Waals surface area contributed by atoms with Crippen molar-refractivity contribution in [3.8, 4) is 0 Å². The maximum absolute atomic E-state index is 14.1. The van der Waals surface area contributed by atoms with Crippen molar-refractivity contribution in [3.05, 3.63) is 39.3 Å². The molecule has 214 valence electrons. The molecule has 1 atom stereocenters. The average Bonchev–Trinajstić information content (AvgIpc) is 2.81. The van der Waals surface area contributed by atoms with Crippen LogP contribution in [0.3, 0.4) is 0 Å². The molecular formula is C26H36BrF4N3O4. The molecule has 7 nitrogen and oxygen atoms in total. The molecule has 0 amide bonds. The number of alkyl halides is 1. The number of nitrogens with zero attached hydrogens (tertiary/aromatic N) is 3. The Labute approximate surface area is 229 Å². The van der Waals surface area contributed by atoms with E-state index in [1.807, 2.05) is 13.8 Å². The second-order valence-corrected chi connectivity index (χ2v) is 12.7. The van der Waals surface area contributed by atoms with E-state index in [1.165, 1.54) is 0 Å². The molecular weight excluding hydrogens is 574 g/mol. The minimum Gasteiger partial charge on any atom is -0.465 e. The Morgan fingerprint density at radius 3 is 2.03 bits per heavy atom. The largest absolute Gasteiger partial charge is 0.465 e. The number of ether oxygens (including phenoxy) is 2. The molecule has 12 heteroatoms. The van der Waals surface area contributed by atoms with Crippen LogP contribution in [0.2, 0.25) is 0 Å². The van der Waals surface area contributed by atoms with Crippen LogP contribution in [0.1, 0.15) is 96.3 Å². The number of rotatable bonds is 16. The fourth-order valence-corrected chi connectivity index (χ4v) is 4.15. The minimum atomic E-state index is -1.98. The zero-order valence-electron chi connectivity index (χ0n) is 22.5. The Hall–Kier alpha value is -2.33. The number of esters is 2. The van der Waals surface area contributed by atoms with Crippen LogP contribution in [0.5, 0.6) is 0 Å². The van der Waals surface area contributed by atoms with Gasteiger partial charge in [-0.25, -0.2) is 22.4 Å². The molecule has 0 bridgehead atoms. The predicted molar refractivity (Wildman–Crippen MR) is 139 cm³/mol. The number of carbonyl (C=O) groups excluding carboxylic acids is 2. The lowest BCUT2D eigenvalue weighted by atomic mass is 9.79. The summed E-state index contributed by atoms with van der Waals surface area (Å²) in [5, 5.41) is 2.59. The topological polar surface area (TPSA) is 101 Å². The first-order chi connectivity index (χ1) is 17.6. The van der Waals surface area contributed by atoms with E-state index >= 15 is 0 Å². The van der Waals surface area contributed by atoms with E-state index in [2.05, 4.69) is 32.9 Å². The molecule has 0 N–H and O–H groups in total. The highest BCUT2D eigenvalue weighted by Crippen LogP contribution is 2.33. The van der Waals surface area contributed by atoms with Gasteiger partial charge in [-0.1, -0.05) is 73.9 Å². The normalized spacial score (nSPS) is 12.6. The summed E-state index contributed by atoms with van der Waals surface area (Å²) >= 11 is 3.27. The van der Waals surface area contributed by atoms with Gasteiger partial charge >= 0.3 is 11.9 Å². The summed E-state index contributed by atoms with van der Waals surface area (Å²) in [5.41, 5.74) is 5.04. The zero-order valence-corrected chi connectivity index (χ0v) is 24.1. The van der Waals surface area contributed by atoms with Gasteiger partial charge in [-0.3, -0.25) is 4.79 Å². The van der Waals surface area contributed by atoms with Crippen LogP contribution in [-0.4, -0.2) is 29.5 Å². The summed E-state index contributed by atoms with van der Waals surface area (Å²) in [7, 11) is 0. The first-order valence-electron chi connectivity index (χ1n) is 12.6. The molecule has 0 aliphatic rings. The lowest BCUT2D eigenvalue weighted by Gasteiger charge is -2.28. The number of halogens is 5. The molecule has 1 aromatic rings. The molecule has 0 radical (unpaired) electrons. The van der Waals surface area contributed by atoms with Gasteiger partial charge in [0.05, 0.1) is 13.2 Å². The third-order valence-corrected chi connectivity index (χ3v) is 6.39. The lowest BCUT2D eigenvalue weighted by molar-refractivity contribution is -0.145. The van der Waals surface area contributed by atoms with Gasteiger partial charge in [-0.2, -0.15) is 0 Å². The maximum Gasteiger partial charge on any atom is 0.344 e. The van der Waals surface area contributed by atoms with Crippen molar-refractivity contribution in [2.75, 3.05) is 13.2 Å². The standard InChI is InChI=1S/C26H36BrF4N3O4/c1-16(11-9-7-6-8-10-13-38-24(36)26(4,5)27)15-25(2,3)12-14-37-23(35)17-18(28)20(30)22(33-34-32)21(31)19(17)29/h16H,6-15H2,1-5H3. The molecule has 0 aliphatic carbocycles. The van der Waals surface area contributed by atoms with Crippen LogP contribution in [-0.2, 0) is 14.3 Å². The molecule has 0 fully saturated rings. The van der Waals surface area contributed by atoms with E-state index < -0.39 is 44.8 Å². The molecule has 0 saturated heterocycles. The van der Waals surface area contributed by atoms with Crippen molar-refractivity contribution in [3.63, 3.8) is 0 Å². The third-order valence-electron chi connectivity index (χ3n) is 6.06. The molecule has 0 aliphatic heterocycles. The number of carbonyl (C=O) groups is 2. The second kappa shape index (κ2) is 15.3. The van der Waals surface area contributed by atoms with Crippen molar-refractivity contribution in [2.45, 2.75) is 90.3 Å². The molecule has 0 aromatic heterocycles. The monoisotopic (exact) mass is 609 g/mol. The lowest BCUT2D eigenvalue weighted by Crippen LogP contribution is -2.26. The van der Waals surface area contributed by atoms with E-state index in [9.17, 15) is 27.2 Å². The summed E-state index contributed by atoms with van der Waals surface area (Å²) in [6.07, 6.45) is 7.13. The van der Waals surface area contributed by atoms with Gasteiger partial charge in [0.25, 0.3) is 0 Å². The fraction of sp³-hybridized carbons (Fsp3) is 0.692. The van der Waals surface area contributed by atoms with Crippen molar-refractivity contribution in [1.29, 1.82) is 0 Å². The third kappa shape index (κ3) is 10.8. The molecule has 1 aromatic carbocycles. The van der Waals surface area contributed by atoms with Crippen molar-refractivity contribution in [1.82, 2.24) is 0 Å². The zero-order chi connectivity index (χ0) is 29.1. The second-order valence-electron chi connectivity index (χ2n) is 10.7. The quantitative estimate of drug-likeness (QED) is 0.0273. The highest BCUT2D eigenvalue weighted by atomic mass is 79.9. The minimum absolute atomic E-state index is 0.199. The van der Waals surface area contributed by atoms with Gasteiger partial charge in [0.1, 0.15) is 15.6 Å². The van der Waals surface area contributed by atoms with E-state index in [-0.39, 0.29) is 18.0 Å². The molecule has 38 heavy (non-hydrogen) atoms. The number of hydrogen-bond acceptors (Lipinski definition) is 5. The Balaban J connectivity index is 2.40. The van der Waals surface area contributed by atoms with Gasteiger partial charge in [0, 0.05) is 4.91 Å². The van der Waals surface area contributed by atoms with Crippen LogP contribution in [0.4, 0.5) is 23.2 Å². The summed E-state index contributed by atoms with van der Waals surface area (Å²) in [4.78, 5) is 25.9. The van der Waals surface area contributed by atoms with Crippen molar-refractivity contribution in [2.24, 2.45) is 16.4 Å². The molecule has 0 spiro atoms. The van der Waals surface area contributed by atoms with Gasteiger partial charge in [0.15, 0.2) is 23.3 Å². The number of azide groups is 1. The van der Waals surface area contributed by atoms with Gasteiger partial charge in [-0.15, -0.1) is 0 Å². The van der Waals surface area contributed by atoms with Crippen molar-refractivity contribution < 1.29 is 36.6 Å². The average molecular weight is 610 g/mol. The number of benzene rings is 1. The van der Waals surface area contributed by atoms with E-state index in [1.54, 1.807) is 13.8 Å². The molecule has 1 rings (SSSR count). The van der Waals surface area contributed by atoms with E-state index in [0.717, 1.165) is 44.9 Å². The Morgan fingerprint density at radius 1 is 0.921 bits per heavy atom. The highest BCUT2D eigenvalue weighted by molar-refractivity contribution is 9.10.